The van der Waals surface area contributed by atoms with Crippen LogP contribution in [0.3, 0.4) is 0 Å². The van der Waals surface area contributed by atoms with Crippen LogP contribution in [0.2, 0.25) is 0 Å². The molecule has 1 fully saturated rings. The topological polar surface area (TPSA) is 50.7 Å². The molecule has 15 heavy (non-hydrogen) atoms. The smallest absolute Gasteiger partial charge is 0.147 e. The van der Waals surface area contributed by atoms with E-state index in [0.29, 0.717) is 19.5 Å². The quantitative estimate of drug-likeness (QED) is 0.593. The van der Waals surface area contributed by atoms with Gasteiger partial charge in [0.15, 0.2) is 0 Å². The fourth-order valence-electron chi connectivity index (χ4n) is 1.64. The minimum atomic E-state index is 0.323. The molecule has 0 aromatic rings. The van der Waals surface area contributed by atoms with Crippen molar-refractivity contribution in [3.63, 3.8) is 0 Å². The van der Waals surface area contributed by atoms with Gasteiger partial charge in [-0.2, -0.15) is 0 Å². The number of ether oxygens (including phenoxy) is 2. The van der Waals surface area contributed by atoms with E-state index >= 15 is 0 Å². The summed E-state index contributed by atoms with van der Waals surface area (Å²) in [4.78, 5) is 0. The molecule has 0 spiro atoms. The van der Waals surface area contributed by atoms with Crippen LogP contribution in [0.15, 0.2) is 0 Å². The number of aliphatic hydroxyl groups excluding tert-OH is 1. The third-order valence-electron chi connectivity index (χ3n) is 2.60. The Labute approximate surface area is 92.0 Å². The number of hydrogen-bond donors (Lipinski definition) is 2. The summed E-state index contributed by atoms with van der Waals surface area (Å²) in [7, 11) is 0. The van der Waals surface area contributed by atoms with Crippen molar-refractivity contribution in [2.45, 2.75) is 38.2 Å². The largest absolute Gasteiger partial charge is 0.396 e. The van der Waals surface area contributed by atoms with E-state index in [4.69, 9.17) is 14.6 Å². The Morgan fingerprint density at radius 1 is 1.20 bits per heavy atom. The summed E-state index contributed by atoms with van der Waals surface area (Å²) in [6.07, 6.45) is 5.77. The van der Waals surface area contributed by atoms with Gasteiger partial charge >= 0.3 is 0 Å². The lowest BCUT2D eigenvalue weighted by Gasteiger charge is -2.22. The van der Waals surface area contributed by atoms with Gasteiger partial charge in [0.05, 0.1) is 12.7 Å². The van der Waals surface area contributed by atoms with Crippen LogP contribution in [-0.4, -0.2) is 44.3 Å². The third-order valence-corrected chi connectivity index (χ3v) is 2.60. The van der Waals surface area contributed by atoms with Gasteiger partial charge in [-0.1, -0.05) is 12.8 Å². The molecule has 1 unspecified atom stereocenters. The van der Waals surface area contributed by atoms with Crippen molar-refractivity contribution in [1.29, 1.82) is 0 Å². The predicted octanol–water partition coefficient (Wildman–Crippen LogP) is 0.892. The van der Waals surface area contributed by atoms with Gasteiger partial charge in [-0.05, 0) is 25.8 Å². The monoisotopic (exact) mass is 217 g/mol. The van der Waals surface area contributed by atoms with E-state index in [2.05, 4.69) is 5.32 Å². The van der Waals surface area contributed by atoms with Gasteiger partial charge in [0.1, 0.15) is 6.79 Å². The predicted molar refractivity (Wildman–Crippen MR) is 58.7 cm³/mol. The molecular weight excluding hydrogens is 194 g/mol. The van der Waals surface area contributed by atoms with E-state index in [-0.39, 0.29) is 0 Å². The van der Waals surface area contributed by atoms with Crippen LogP contribution in [0.1, 0.15) is 32.1 Å². The second-order valence-corrected chi connectivity index (χ2v) is 3.95. The molecule has 0 radical (unpaired) electrons. The van der Waals surface area contributed by atoms with Crippen molar-refractivity contribution < 1.29 is 14.6 Å². The summed E-state index contributed by atoms with van der Waals surface area (Å²) >= 11 is 0. The van der Waals surface area contributed by atoms with E-state index in [1.807, 2.05) is 0 Å². The maximum Gasteiger partial charge on any atom is 0.147 e. The number of aliphatic hydroxyl groups is 1. The number of rotatable bonds is 8. The molecule has 1 aliphatic rings. The molecular formula is C11H23NO3. The Morgan fingerprint density at radius 2 is 2.07 bits per heavy atom. The van der Waals surface area contributed by atoms with Crippen molar-refractivity contribution >= 4 is 0 Å². The lowest BCUT2D eigenvalue weighted by Crippen LogP contribution is -2.34. The molecule has 0 aromatic heterocycles. The van der Waals surface area contributed by atoms with Gasteiger partial charge in [0.2, 0.25) is 0 Å². The van der Waals surface area contributed by atoms with Crippen LogP contribution in [0.4, 0.5) is 0 Å². The van der Waals surface area contributed by atoms with Crippen molar-refractivity contribution in [3.8, 4) is 0 Å². The molecule has 1 aliphatic heterocycles. The maximum absolute atomic E-state index is 8.60. The molecule has 90 valence electrons. The van der Waals surface area contributed by atoms with Crippen LogP contribution < -0.4 is 5.32 Å². The summed E-state index contributed by atoms with van der Waals surface area (Å²) in [6, 6.07) is 0. The molecule has 0 aliphatic carbocycles. The van der Waals surface area contributed by atoms with Crippen LogP contribution >= 0.6 is 0 Å². The van der Waals surface area contributed by atoms with E-state index in [1.165, 1.54) is 12.8 Å². The first-order valence-corrected chi connectivity index (χ1v) is 5.94. The minimum Gasteiger partial charge on any atom is -0.396 e. The van der Waals surface area contributed by atoms with Crippen LogP contribution in [0, 0.1) is 0 Å². The Kier molecular flexibility index (Phi) is 7.83. The van der Waals surface area contributed by atoms with E-state index < -0.39 is 0 Å². The standard InChI is InChI=1S/C11H23NO3/c13-7-4-2-1-3-6-12-9-11-5-8-14-10-15-11/h11-13H,1-10H2. The number of hydrogen-bond acceptors (Lipinski definition) is 4. The summed E-state index contributed by atoms with van der Waals surface area (Å²) in [6.45, 7) is 3.57. The Morgan fingerprint density at radius 3 is 2.80 bits per heavy atom. The highest BCUT2D eigenvalue weighted by Gasteiger charge is 2.12. The molecule has 4 heteroatoms. The molecule has 1 saturated heterocycles. The first kappa shape index (κ1) is 12.9. The van der Waals surface area contributed by atoms with Gasteiger partial charge in [-0.25, -0.2) is 0 Å². The lowest BCUT2D eigenvalue weighted by molar-refractivity contribution is -0.137. The Balaban J connectivity index is 1.79. The van der Waals surface area contributed by atoms with Crippen LogP contribution in [0.5, 0.6) is 0 Å². The van der Waals surface area contributed by atoms with Gasteiger partial charge in [0.25, 0.3) is 0 Å². The average Bonchev–Trinajstić information content (AvgIpc) is 2.29. The summed E-state index contributed by atoms with van der Waals surface area (Å²) in [5.41, 5.74) is 0. The van der Waals surface area contributed by atoms with Gasteiger partial charge in [0, 0.05) is 13.2 Å². The van der Waals surface area contributed by atoms with Crippen molar-refractivity contribution in [3.05, 3.63) is 0 Å². The fraction of sp³-hybridized carbons (Fsp3) is 1.00. The molecule has 0 bridgehead atoms. The van der Waals surface area contributed by atoms with E-state index in [0.717, 1.165) is 39.0 Å². The number of unbranched alkanes of at least 4 members (excludes halogenated alkanes) is 3. The van der Waals surface area contributed by atoms with E-state index in [9.17, 15) is 0 Å². The SMILES string of the molecule is OCCCCCCNCC1CCOCO1. The van der Waals surface area contributed by atoms with Crippen molar-refractivity contribution in [1.82, 2.24) is 5.32 Å². The maximum atomic E-state index is 8.60. The molecule has 1 atom stereocenters. The van der Waals surface area contributed by atoms with Crippen molar-refractivity contribution in [2.75, 3.05) is 33.1 Å². The normalized spacial score (nSPS) is 21.8. The van der Waals surface area contributed by atoms with Crippen molar-refractivity contribution in [2.24, 2.45) is 0 Å². The molecule has 4 nitrogen and oxygen atoms in total. The molecule has 2 N–H and O–H groups in total. The highest BCUT2D eigenvalue weighted by atomic mass is 16.7. The Hall–Kier alpha value is -0.160. The average molecular weight is 217 g/mol. The summed E-state index contributed by atoms with van der Waals surface area (Å²) in [5, 5.41) is 12.0. The number of nitrogens with one attached hydrogen (secondary N) is 1. The van der Waals surface area contributed by atoms with Gasteiger partial charge < -0.3 is 19.9 Å². The zero-order chi connectivity index (χ0) is 10.8. The highest BCUT2D eigenvalue weighted by molar-refractivity contribution is 4.63. The van der Waals surface area contributed by atoms with E-state index in [1.54, 1.807) is 0 Å². The highest BCUT2D eigenvalue weighted by Crippen LogP contribution is 2.04. The first-order chi connectivity index (χ1) is 7.43. The first-order valence-electron chi connectivity index (χ1n) is 5.94. The van der Waals surface area contributed by atoms with Crippen LogP contribution in [0.25, 0.3) is 0 Å². The minimum absolute atomic E-state index is 0.323. The second kappa shape index (κ2) is 9.09. The third kappa shape index (κ3) is 6.84. The summed E-state index contributed by atoms with van der Waals surface area (Å²) < 4.78 is 10.5. The van der Waals surface area contributed by atoms with Gasteiger partial charge in [-0.15, -0.1) is 0 Å². The Bertz CT molecular complexity index is 138. The fourth-order valence-corrected chi connectivity index (χ4v) is 1.64. The summed E-state index contributed by atoms with van der Waals surface area (Å²) in [5.74, 6) is 0. The molecule has 0 amide bonds. The van der Waals surface area contributed by atoms with Gasteiger partial charge in [-0.3, -0.25) is 0 Å². The molecule has 0 saturated carbocycles. The molecule has 0 aromatic carbocycles. The zero-order valence-corrected chi connectivity index (χ0v) is 9.41. The molecule has 1 heterocycles. The van der Waals surface area contributed by atoms with Crippen LogP contribution in [-0.2, 0) is 9.47 Å². The molecule has 1 rings (SSSR count). The lowest BCUT2D eigenvalue weighted by atomic mass is 10.2. The second-order valence-electron chi connectivity index (χ2n) is 3.95. The zero-order valence-electron chi connectivity index (χ0n) is 9.41.